The number of H-pyrrole nitrogens is 1. The van der Waals surface area contributed by atoms with Gasteiger partial charge in [-0.2, -0.15) is 13.2 Å². The predicted molar refractivity (Wildman–Crippen MR) is 139 cm³/mol. The van der Waals surface area contributed by atoms with Gasteiger partial charge in [0.05, 0.1) is 18.0 Å². The average Bonchev–Trinajstić information content (AvgIpc) is 3.35. The molecule has 4 rings (SSSR count). The minimum Gasteiger partial charge on any atom is -0.493 e. The van der Waals surface area contributed by atoms with Gasteiger partial charge in [-0.15, -0.1) is 0 Å². The lowest BCUT2D eigenvalue weighted by Gasteiger charge is -2.09. The number of ether oxygens (including phenoxy) is 2. The van der Waals surface area contributed by atoms with Gasteiger partial charge in [0, 0.05) is 47.5 Å². The second-order valence-electron chi connectivity index (χ2n) is 8.63. The van der Waals surface area contributed by atoms with Crippen molar-refractivity contribution in [1.82, 2.24) is 9.97 Å². The fraction of sp³-hybridized carbons (Fsp3) is 0.222. The van der Waals surface area contributed by atoms with Crippen LogP contribution in [0.25, 0.3) is 22.0 Å². The Hall–Kier alpha value is -4.94. The summed E-state index contributed by atoms with van der Waals surface area (Å²) < 4.78 is 46.4. The minimum atomic E-state index is -5.22. The zero-order chi connectivity index (χ0) is 28.7. The number of benzene rings is 2. The summed E-state index contributed by atoms with van der Waals surface area (Å²) in [5.41, 5.74) is 3.11. The molecule has 13 heteroatoms. The number of nitrogens with zero attached hydrogens (tertiary/aromatic N) is 2. The SMILES string of the molecule is O=C(CCc1cccc(-c2c[nH]c3cc(OCCCNc4ncccc4[N+](=O)[O-])ccc23)c1)OC(=O)C(F)(F)F. The van der Waals surface area contributed by atoms with Crippen LogP contribution in [0.4, 0.5) is 24.7 Å². The number of pyridine rings is 1. The number of aryl methyl sites for hydroxylation is 1. The highest BCUT2D eigenvalue weighted by atomic mass is 19.4. The number of carbonyl (C=O) groups is 2. The number of nitrogens with one attached hydrogen (secondary N) is 2. The first-order chi connectivity index (χ1) is 19.1. The third-order valence-corrected chi connectivity index (χ3v) is 5.81. The molecule has 10 nitrogen and oxygen atoms in total. The van der Waals surface area contributed by atoms with Crippen LogP contribution < -0.4 is 10.1 Å². The van der Waals surface area contributed by atoms with Crippen molar-refractivity contribution in [3.63, 3.8) is 0 Å². The van der Waals surface area contributed by atoms with Crippen LogP contribution in [-0.4, -0.2) is 46.2 Å². The number of aromatic amines is 1. The summed E-state index contributed by atoms with van der Waals surface area (Å²) in [6.45, 7) is 0.797. The van der Waals surface area contributed by atoms with E-state index in [1.165, 1.54) is 18.3 Å². The lowest BCUT2D eigenvalue weighted by atomic mass is 10.0. The van der Waals surface area contributed by atoms with Gasteiger partial charge in [-0.25, -0.2) is 9.78 Å². The highest BCUT2D eigenvalue weighted by molar-refractivity contribution is 5.96. The molecule has 0 fully saturated rings. The second-order valence-corrected chi connectivity index (χ2v) is 8.63. The topological polar surface area (TPSA) is 136 Å². The number of halogens is 3. The number of fused-ring (bicyclic) bond motifs is 1. The van der Waals surface area contributed by atoms with Gasteiger partial charge in [0.1, 0.15) is 5.75 Å². The number of aromatic nitrogens is 2. The highest BCUT2D eigenvalue weighted by Crippen LogP contribution is 2.31. The van der Waals surface area contributed by atoms with Gasteiger partial charge in [-0.05, 0) is 42.2 Å². The Morgan fingerprint density at radius 3 is 2.70 bits per heavy atom. The molecule has 0 saturated heterocycles. The third kappa shape index (κ3) is 7.12. The van der Waals surface area contributed by atoms with Crippen molar-refractivity contribution in [2.75, 3.05) is 18.5 Å². The average molecular weight is 556 g/mol. The van der Waals surface area contributed by atoms with Crippen molar-refractivity contribution in [2.45, 2.75) is 25.4 Å². The second kappa shape index (κ2) is 12.3. The van der Waals surface area contributed by atoms with Gasteiger partial charge in [-0.1, -0.05) is 24.3 Å². The van der Waals surface area contributed by atoms with Gasteiger partial charge in [0.15, 0.2) is 0 Å². The molecule has 0 saturated carbocycles. The summed E-state index contributed by atoms with van der Waals surface area (Å²) in [6.07, 6.45) is -1.64. The molecule has 0 aliphatic heterocycles. The lowest BCUT2D eigenvalue weighted by Crippen LogP contribution is -2.28. The van der Waals surface area contributed by atoms with Crippen LogP contribution >= 0.6 is 0 Å². The first-order valence-corrected chi connectivity index (χ1v) is 12.1. The maximum absolute atomic E-state index is 12.3. The zero-order valence-corrected chi connectivity index (χ0v) is 20.9. The molecule has 0 spiro atoms. The number of carbonyl (C=O) groups excluding carboxylic acids is 2. The summed E-state index contributed by atoms with van der Waals surface area (Å²) in [5.74, 6) is -2.94. The normalized spacial score (nSPS) is 11.3. The minimum absolute atomic E-state index is 0.0955. The van der Waals surface area contributed by atoms with Gasteiger partial charge in [0.25, 0.3) is 0 Å². The Morgan fingerprint density at radius 1 is 1.10 bits per heavy atom. The molecule has 0 aliphatic carbocycles. The van der Waals surface area contributed by atoms with Crippen LogP contribution in [0, 0.1) is 10.1 Å². The van der Waals surface area contributed by atoms with E-state index in [0.29, 0.717) is 30.9 Å². The Bertz CT molecular complexity index is 1540. The van der Waals surface area contributed by atoms with Crippen molar-refractivity contribution in [3.8, 4) is 16.9 Å². The lowest BCUT2D eigenvalue weighted by molar-refractivity contribution is -0.384. The van der Waals surface area contributed by atoms with E-state index in [0.717, 1.165) is 22.0 Å². The molecule has 208 valence electrons. The van der Waals surface area contributed by atoms with E-state index >= 15 is 0 Å². The number of alkyl halides is 3. The van der Waals surface area contributed by atoms with Crippen molar-refractivity contribution in [3.05, 3.63) is 82.7 Å². The van der Waals surface area contributed by atoms with Crippen LogP contribution in [0.15, 0.2) is 67.0 Å². The zero-order valence-electron chi connectivity index (χ0n) is 20.9. The first-order valence-electron chi connectivity index (χ1n) is 12.1. The van der Waals surface area contributed by atoms with E-state index in [2.05, 4.69) is 20.0 Å². The number of nitro groups is 1. The summed E-state index contributed by atoms with van der Waals surface area (Å²) in [6, 6.07) is 15.6. The van der Waals surface area contributed by atoms with E-state index in [1.54, 1.807) is 12.1 Å². The van der Waals surface area contributed by atoms with Crippen LogP contribution in [0.3, 0.4) is 0 Å². The molecule has 2 aromatic carbocycles. The van der Waals surface area contributed by atoms with Crippen molar-refractivity contribution in [1.29, 1.82) is 0 Å². The van der Waals surface area contributed by atoms with E-state index < -0.39 is 23.0 Å². The fourth-order valence-corrected chi connectivity index (χ4v) is 3.94. The number of hydrogen-bond donors (Lipinski definition) is 2. The van der Waals surface area contributed by atoms with E-state index in [4.69, 9.17) is 4.74 Å². The van der Waals surface area contributed by atoms with Crippen LogP contribution in [0.2, 0.25) is 0 Å². The molecule has 0 bridgehead atoms. The third-order valence-electron chi connectivity index (χ3n) is 5.81. The van der Waals surface area contributed by atoms with Gasteiger partial charge in [-0.3, -0.25) is 14.9 Å². The van der Waals surface area contributed by atoms with Crippen LogP contribution in [-0.2, 0) is 20.7 Å². The molecule has 0 aliphatic rings. The molecule has 0 radical (unpaired) electrons. The monoisotopic (exact) mass is 556 g/mol. The van der Waals surface area contributed by atoms with Crippen molar-refractivity contribution >= 4 is 34.3 Å². The molecule has 0 unspecified atom stereocenters. The summed E-state index contributed by atoms with van der Waals surface area (Å²) in [4.78, 5) is 40.2. The summed E-state index contributed by atoms with van der Waals surface area (Å²) in [7, 11) is 0. The summed E-state index contributed by atoms with van der Waals surface area (Å²) >= 11 is 0. The molecule has 2 N–H and O–H groups in total. The molecule has 2 heterocycles. The first kappa shape index (κ1) is 28.1. The smallest absolute Gasteiger partial charge is 0.491 e. The van der Waals surface area contributed by atoms with Crippen molar-refractivity contribution in [2.24, 2.45) is 0 Å². The molecular formula is C27H23F3N4O6. The predicted octanol–water partition coefficient (Wildman–Crippen LogP) is 5.58. The molecular weight excluding hydrogens is 533 g/mol. The molecule has 0 atom stereocenters. The van der Waals surface area contributed by atoms with Gasteiger partial charge < -0.3 is 19.8 Å². The molecule has 40 heavy (non-hydrogen) atoms. The van der Waals surface area contributed by atoms with Crippen LogP contribution in [0.1, 0.15) is 18.4 Å². The fourth-order valence-electron chi connectivity index (χ4n) is 3.94. The Balaban J connectivity index is 1.32. The van der Waals surface area contributed by atoms with E-state index in [1.807, 2.05) is 36.5 Å². The number of anilines is 1. The Morgan fingerprint density at radius 2 is 1.93 bits per heavy atom. The number of hydrogen-bond acceptors (Lipinski definition) is 8. The van der Waals surface area contributed by atoms with E-state index in [-0.39, 0.29) is 24.3 Å². The maximum atomic E-state index is 12.3. The highest BCUT2D eigenvalue weighted by Gasteiger charge is 2.42. The van der Waals surface area contributed by atoms with Gasteiger partial charge >= 0.3 is 23.8 Å². The largest absolute Gasteiger partial charge is 0.493 e. The maximum Gasteiger partial charge on any atom is 0.491 e. The summed E-state index contributed by atoms with van der Waals surface area (Å²) in [5, 5.41) is 14.9. The van der Waals surface area contributed by atoms with E-state index in [9.17, 15) is 32.9 Å². The molecule has 4 aromatic rings. The van der Waals surface area contributed by atoms with Gasteiger partial charge in [0.2, 0.25) is 5.82 Å². The Labute approximate surface area is 225 Å². The quantitative estimate of drug-likeness (QED) is 0.0803. The Kier molecular flexibility index (Phi) is 8.62. The van der Waals surface area contributed by atoms with Crippen molar-refractivity contribution < 1.29 is 37.2 Å². The number of esters is 2. The standard InChI is InChI=1S/C27H23F3N4O6/c28-27(29,30)26(36)40-24(35)10-7-17-4-1-5-18(14-17)21-16-33-22-15-19(8-9-20(21)22)39-13-3-12-32-25-23(34(37)38)6-2-11-31-25/h1-2,4-6,8-9,11,14-16,33H,3,7,10,12-13H2,(H,31,32). The molecule has 2 aromatic heterocycles. The molecule has 0 amide bonds. The number of rotatable bonds is 11. The van der Waals surface area contributed by atoms with Crippen LogP contribution in [0.5, 0.6) is 5.75 Å².